The zero-order valence-corrected chi connectivity index (χ0v) is 11.2. The van der Waals surface area contributed by atoms with E-state index < -0.39 is 24.9 Å². The standard InChI is InChI=1S/C12H21F3N2O2/c1-8(11(19)16-9-5-3-4-6-9)17(2)7-10(18)12(13,14)15/h8-10,18H,3-7H2,1-2H3,(H,16,19). The van der Waals surface area contributed by atoms with E-state index >= 15 is 0 Å². The molecule has 2 N–H and O–H groups in total. The summed E-state index contributed by atoms with van der Waals surface area (Å²) in [6.07, 6.45) is -3.10. The Labute approximate surface area is 111 Å². The lowest BCUT2D eigenvalue weighted by Crippen LogP contribution is -2.50. The Morgan fingerprint density at radius 2 is 1.95 bits per heavy atom. The SMILES string of the molecule is CC(C(=O)NC1CCCC1)N(C)CC(O)C(F)(F)F. The molecule has 0 aromatic heterocycles. The van der Waals surface area contributed by atoms with Crippen LogP contribution in [0, 0.1) is 0 Å². The average Bonchev–Trinajstić information content (AvgIpc) is 2.79. The number of hydrogen-bond acceptors (Lipinski definition) is 3. The quantitative estimate of drug-likeness (QED) is 0.799. The molecule has 0 aromatic rings. The smallest absolute Gasteiger partial charge is 0.382 e. The predicted octanol–water partition coefficient (Wildman–Crippen LogP) is 1.29. The second-order valence-electron chi connectivity index (χ2n) is 5.16. The zero-order valence-electron chi connectivity index (χ0n) is 11.2. The van der Waals surface area contributed by atoms with Crippen molar-refractivity contribution in [3.8, 4) is 0 Å². The Balaban J connectivity index is 2.42. The van der Waals surface area contributed by atoms with E-state index in [0.29, 0.717) is 0 Å². The van der Waals surface area contributed by atoms with Gasteiger partial charge in [0.25, 0.3) is 0 Å². The van der Waals surface area contributed by atoms with Gasteiger partial charge in [0.1, 0.15) is 0 Å². The Morgan fingerprint density at radius 1 is 1.42 bits per heavy atom. The number of nitrogens with one attached hydrogen (secondary N) is 1. The van der Waals surface area contributed by atoms with Crippen LogP contribution < -0.4 is 5.32 Å². The van der Waals surface area contributed by atoms with E-state index in [4.69, 9.17) is 5.11 Å². The number of rotatable bonds is 5. The molecule has 1 aliphatic rings. The summed E-state index contributed by atoms with van der Waals surface area (Å²) in [6.45, 7) is 0.927. The topological polar surface area (TPSA) is 52.6 Å². The number of likely N-dealkylation sites (N-methyl/N-ethyl adjacent to an activating group) is 1. The summed E-state index contributed by atoms with van der Waals surface area (Å²) in [6, 6.07) is -0.562. The summed E-state index contributed by atoms with van der Waals surface area (Å²) in [4.78, 5) is 13.1. The van der Waals surface area contributed by atoms with Crippen molar-refractivity contribution in [3.63, 3.8) is 0 Å². The summed E-state index contributed by atoms with van der Waals surface area (Å²) in [5, 5.41) is 11.8. The molecule has 19 heavy (non-hydrogen) atoms. The van der Waals surface area contributed by atoms with Crippen molar-refractivity contribution in [2.45, 2.75) is 57.0 Å². The second-order valence-corrected chi connectivity index (χ2v) is 5.16. The first-order chi connectivity index (χ1) is 8.71. The van der Waals surface area contributed by atoms with Gasteiger partial charge in [-0.25, -0.2) is 0 Å². The van der Waals surface area contributed by atoms with Gasteiger partial charge in [-0.05, 0) is 26.8 Å². The molecular weight excluding hydrogens is 261 g/mol. The predicted molar refractivity (Wildman–Crippen MR) is 64.6 cm³/mol. The molecule has 0 saturated heterocycles. The maximum atomic E-state index is 12.2. The third-order valence-electron chi connectivity index (χ3n) is 3.58. The Bertz CT molecular complexity index is 304. The minimum absolute atomic E-state index is 0.135. The lowest BCUT2D eigenvalue weighted by Gasteiger charge is -2.28. The molecule has 4 nitrogen and oxygen atoms in total. The molecular formula is C12H21F3N2O2. The molecule has 1 fully saturated rings. The largest absolute Gasteiger partial charge is 0.415 e. The second kappa shape index (κ2) is 6.56. The van der Waals surface area contributed by atoms with E-state index in [1.54, 1.807) is 0 Å². The van der Waals surface area contributed by atoms with E-state index in [2.05, 4.69) is 5.32 Å². The molecule has 0 heterocycles. The molecule has 1 amide bonds. The summed E-state index contributed by atoms with van der Waals surface area (Å²) < 4.78 is 36.7. The number of amides is 1. The molecule has 112 valence electrons. The minimum Gasteiger partial charge on any atom is -0.382 e. The Kier molecular flexibility index (Phi) is 5.61. The van der Waals surface area contributed by atoms with Crippen molar-refractivity contribution < 1.29 is 23.1 Å². The fraction of sp³-hybridized carbons (Fsp3) is 0.917. The van der Waals surface area contributed by atoms with Gasteiger partial charge in [-0.3, -0.25) is 9.69 Å². The molecule has 1 saturated carbocycles. The lowest BCUT2D eigenvalue weighted by molar-refractivity contribution is -0.208. The molecule has 1 aliphatic carbocycles. The summed E-state index contributed by atoms with van der Waals surface area (Å²) in [5.74, 6) is -0.288. The van der Waals surface area contributed by atoms with Crippen LogP contribution in [0.15, 0.2) is 0 Å². The fourth-order valence-corrected chi connectivity index (χ4v) is 2.13. The van der Waals surface area contributed by atoms with Crippen LogP contribution in [0.5, 0.6) is 0 Å². The van der Waals surface area contributed by atoms with E-state index in [9.17, 15) is 18.0 Å². The number of halogens is 3. The monoisotopic (exact) mass is 282 g/mol. The van der Waals surface area contributed by atoms with Crippen molar-refractivity contribution in [3.05, 3.63) is 0 Å². The average molecular weight is 282 g/mol. The highest BCUT2D eigenvalue weighted by Crippen LogP contribution is 2.21. The molecule has 0 radical (unpaired) electrons. The lowest BCUT2D eigenvalue weighted by atomic mass is 10.2. The molecule has 2 atom stereocenters. The van der Waals surface area contributed by atoms with Gasteiger partial charge in [-0.2, -0.15) is 13.2 Å². The van der Waals surface area contributed by atoms with Gasteiger partial charge in [-0.1, -0.05) is 12.8 Å². The van der Waals surface area contributed by atoms with Crippen LogP contribution in [0.3, 0.4) is 0 Å². The molecule has 0 aliphatic heterocycles. The molecule has 0 spiro atoms. The van der Waals surface area contributed by atoms with Gasteiger partial charge in [0.05, 0.1) is 6.04 Å². The molecule has 2 unspecified atom stereocenters. The normalized spacial score (nSPS) is 20.6. The first kappa shape index (κ1) is 16.2. The molecule has 1 rings (SSSR count). The van der Waals surface area contributed by atoms with Crippen LogP contribution in [-0.4, -0.2) is 53.9 Å². The Hall–Kier alpha value is -0.820. The highest BCUT2D eigenvalue weighted by Gasteiger charge is 2.39. The van der Waals surface area contributed by atoms with Crippen molar-refractivity contribution >= 4 is 5.91 Å². The van der Waals surface area contributed by atoms with Gasteiger partial charge in [0.15, 0.2) is 6.10 Å². The number of hydrogen-bond donors (Lipinski definition) is 2. The van der Waals surface area contributed by atoms with E-state index in [-0.39, 0.29) is 11.9 Å². The van der Waals surface area contributed by atoms with Gasteiger partial charge in [0, 0.05) is 12.6 Å². The first-order valence-electron chi connectivity index (χ1n) is 6.47. The third-order valence-corrected chi connectivity index (χ3v) is 3.58. The number of aliphatic hydroxyl groups excluding tert-OH is 1. The molecule has 7 heteroatoms. The van der Waals surface area contributed by atoms with Crippen LogP contribution in [0.2, 0.25) is 0 Å². The van der Waals surface area contributed by atoms with Gasteiger partial charge in [-0.15, -0.1) is 0 Å². The fourth-order valence-electron chi connectivity index (χ4n) is 2.13. The van der Waals surface area contributed by atoms with Gasteiger partial charge < -0.3 is 10.4 Å². The highest BCUT2D eigenvalue weighted by atomic mass is 19.4. The summed E-state index contributed by atoms with van der Waals surface area (Å²) in [5.41, 5.74) is 0. The Morgan fingerprint density at radius 3 is 2.42 bits per heavy atom. The molecule has 0 aromatic carbocycles. The van der Waals surface area contributed by atoms with E-state index in [1.165, 1.54) is 18.9 Å². The van der Waals surface area contributed by atoms with Crippen LogP contribution in [0.4, 0.5) is 13.2 Å². The first-order valence-corrected chi connectivity index (χ1v) is 6.47. The maximum absolute atomic E-state index is 12.2. The number of nitrogens with zero attached hydrogens (tertiary/aromatic N) is 1. The number of carbonyl (C=O) groups is 1. The van der Waals surface area contributed by atoms with Gasteiger partial charge in [0.2, 0.25) is 5.91 Å². The van der Waals surface area contributed by atoms with Crippen LogP contribution in [0.25, 0.3) is 0 Å². The van der Waals surface area contributed by atoms with Crippen molar-refractivity contribution in [1.82, 2.24) is 10.2 Å². The maximum Gasteiger partial charge on any atom is 0.415 e. The van der Waals surface area contributed by atoms with Gasteiger partial charge >= 0.3 is 6.18 Å². The van der Waals surface area contributed by atoms with Crippen molar-refractivity contribution in [1.29, 1.82) is 0 Å². The van der Waals surface area contributed by atoms with Crippen molar-refractivity contribution in [2.24, 2.45) is 0 Å². The van der Waals surface area contributed by atoms with E-state index in [0.717, 1.165) is 25.7 Å². The van der Waals surface area contributed by atoms with Crippen LogP contribution >= 0.6 is 0 Å². The minimum atomic E-state index is -4.66. The highest BCUT2D eigenvalue weighted by molar-refractivity contribution is 5.81. The summed E-state index contributed by atoms with van der Waals surface area (Å²) >= 11 is 0. The summed E-state index contributed by atoms with van der Waals surface area (Å²) in [7, 11) is 1.40. The number of alkyl halides is 3. The number of carbonyl (C=O) groups excluding carboxylic acids is 1. The third kappa shape index (κ3) is 4.99. The zero-order chi connectivity index (χ0) is 14.6. The van der Waals surface area contributed by atoms with E-state index in [1.807, 2.05) is 0 Å². The number of aliphatic hydroxyl groups is 1. The molecule has 0 bridgehead atoms. The van der Waals surface area contributed by atoms with Crippen LogP contribution in [0.1, 0.15) is 32.6 Å². The van der Waals surface area contributed by atoms with Crippen molar-refractivity contribution in [2.75, 3.05) is 13.6 Å². The van der Waals surface area contributed by atoms with Crippen LogP contribution in [-0.2, 0) is 4.79 Å².